The van der Waals surface area contributed by atoms with E-state index in [9.17, 15) is 15.8 Å². The first-order chi connectivity index (χ1) is 12.0. The summed E-state index contributed by atoms with van der Waals surface area (Å²) in [4.78, 5) is 0. The van der Waals surface area contributed by atoms with E-state index < -0.39 is 5.41 Å². The van der Waals surface area contributed by atoms with Crippen LogP contribution in [0, 0.1) is 51.2 Å². The molecule has 0 saturated heterocycles. The van der Waals surface area contributed by atoms with E-state index in [2.05, 4.69) is 25.1 Å². The van der Waals surface area contributed by atoms with Crippen molar-refractivity contribution in [3.63, 3.8) is 0 Å². The van der Waals surface area contributed by atoms with Gasteiger partial charge in [0.1, 0.15) is 0 Å². The van der Waals surface area contributed by atoms with Crippen molar-refractivity contribution >= 4 is 11.6 Å². The summed E-state index contributed by atoms with van der Waals surface area (Å²) in [5, 5.41) is 29.9. The second-order valence-corrected chi connectivity index (χ2v) is 7.16. The molecule has 0 aromatic heterocycles. The predicted octanol–water partition coefficient (Wildman–Crippen LogP) is 4.18. The van der Waals surface area contributed by atoms with E-state index >= 15 is 0 Å². The van der Waals surface area contributed by atoms with Crippen molar-refractivity contribution in [1.82, 2.24) is 0 Å². The molecule has 3 rings (SSSR count). The number of nitriles is 3. The first kappa shape index (κ1) is 17.1. The average molecular weight is 349 g/mol. The summed E-state index contributed by atoms with van der Waals surface area (Å²) in [5.41, 5.74) is 6.54. The fourth-order valence-electron chi connectivity index (χ4n) is 4.11. The highest BCUT2D eigenvalue weighted by Gasteiger charge is 2.52. The maximum Gasteiger partial charge on any atom is 0.204 e. The van der Waals surface area contributed by atoms with Crippen LogP contribution in [0.4, 0.5) is 0 Å². The van der Waals surface area contributed by atoms with Crippen LogP contribution in [0.5, 0.6) is 0 Å². The van der Waals surface area contributed by atoms with Crippen molar-refractivity contribution in [3.05, 3.63) is 57.8 Å². The van der Waals surface area contributed by atoms with Crippen LogP contribution < -0.4 is 5.73 Å². The zero-order chi connectivity index (χ0) is 18.2. The highest BCUT2D eigenvalue weighted by atomic mass is 35.5. The van der Waals surface area contributed by atoms with Gasteiger partial charge in [0, 0.05) is 10.9 Å². The molecule has 0 saturated carbocycles. The van der Waals surface area contributed by atoms with Crippen molar-refractivity contribution in [2.75, 3.05) is 0 Å². The number of hydrogen-bond acceptors (Lipinski definition) is 4. The number of hydrogen-bond donors (Lipinski definition) is 1. The summed E-state index contributed by atoms with van der Waals surface area (Å²) in [6.45, 7) is 2.13. The van der Waals surface area contributed by atoms with Crippen LogP contribution in [0.3, 0.4) is 0 Å². The van der Waals surface area contributed by atoms with E-state index in [1.165, 1.54) is 0 Å². The van der Waals surface area contributed by atoms with Crippen LogP contribution in [-0.4, -0.2) is 0 Å². The lowest BCUT2D eigenvalue weighted by Gasteiger charge is -2.43. The van der Waals surface area contributed by atoms with Gasteiger partial charge in [-0.1, -0.05) is 42.8 Å². The number of nitrogens with two attached hydrogens (primary N) is 1. The van der Waals surface area contributed by atoms with E-state index in [4.69, 9.17) is 17.3 Å². The van der Waals surface area contributed by atoms with Gasteiger partial charge in [-0.05, 0) is 41.9 Å². The molecule has 124 valence electrons. The van der Waals surface area contributed by atoms with Gasteiger partial charge in [0.2, 0.25) is 5.41 Å². The minimum absolute atomic E-state index is 0.0435. The van der Waals surface area contributed by atoms with Gasteiger partial charge in [-0.3, -0.25) is 0 Å². The van der Waals surface area contributed by atoms with Gasteiger partial charge in [-0.25, -0.2) is 0 Å². The molecule has 0 aliphatic heterocycles. The van der Waals surface area contributed by atoms with Crippen molar-refractivity contribution in [1.29, 1.82) is 15.8 Å². The summed E-state index contributed by atoms with van der Waals surface area (Å²) >= 11 is 6.41. The van der Waals surface area contributed by atoms with Gasteiger partial charge >= 0.3 is 0 Å². The topological polar surface area (TPSA) is 97.4 Å². The molecule has 3 atom stereocenters. The van der Waals surface area contributed by atoms with Crippen LogP contribution in [0.25, 0.3) is 0 Å². The molecule has 0 spiro atoms. The first-order valence-electron chi connectivity index (χ1n) is 8.17. The van der Waals surface area contributed by atoms with Gasteiger partial charge in [-0.2, -0.15) is 15.8 Å². The number of benzene rings is 1. The Bertz CT molecular complexity index is 893. The molecule has 0 radical (unpaired) electrons. The average Bonchev–Trinajstić information content (AvgIpc) is 2.62. The van der Waals surface area contributed by atoms with Crippen molar-refractivity contribution in [2.24, 2.45) is 23.0 Å². The summed E-state index contributed by atoms with van der Waals surface area (Å²) in [6.07, 6.45) is 3.54. The van der Waals surface area contributed by atoms with Crippen LogP contribution in [-0.2, 0) is 0 Å². The SMILES string of the molecule is C[C@@H]1CC=C2[C@@H](C1)[C@H](c1ccccc1Cl)C(C#N)=C(N)C2(C#N)C#N. The lowest BCUT2D eigenvalue weighted by atomic mass is 9.57. The zero-order valence-electron chi connectivity index (χ0n) is 13.8. The minimum Gasteiger partial charge on any atom is -0.399 e. The molecule has 1 aromatic rings. The van der Waals surface area contributed by atoms with Gasteiger partial charge in [-0.15, -0.1) is 0 Å². The van der Waals surface area contributed by atoms with E-state index in [1.807, 2.05) is 24.3 Å². The summed E-state index contributed by atoms with van der Waals surface area (Å²) < 4.78 is 0. The minimum atomic E-state index is -1.56. The van der Waals surface area contributed by atoms with Crippen LogP contribution in [0.2, 0.25) is 5.02 Å². The molecule has 2 N–H and O–H groups in total. The summed E-state index contributed by atoms with van der Waals surface area (Å²) in [5.74, 6) is -0.0690. The van der Waals surface area contributed by atoms with E-state index in [0.29, 0.717) is 10.9 Å². The van der Waals surface area contributed by atoms with E-state index in [-0.39, 0.29) is 23.1 Å². The molecule has 1 aromatic carbocycles. The first-order valence-corrected chi connectivity index (χ1v) is 8.55. The zero-order valence-corrected chi connectivity index (χ0v) is 14.6. The summed E-state index contributed by atoms with van der Waals surface area (Å²) in [6, 6.07) is 13.7. The molecule has 2 aliphatic carbocycles. The molecular weight excluding hydrogens is 332 g/mol. The molecule has 0 bridgehead atoms. The van der Waals surface area contributed by atoms with Gasteiger partial charge in [0.05, 0.1) is 29.5 Å². The third kappa shape index (κ3) is 2.41. The highest BCUT2D eigenvalue weighted by Crippen LogP contribution is 2.56. The van der Waals surface area contributed by atoms with Crippen LogP contribution in [0.15, 0.2) is 47.2 Å². The largest absolute Gasteiger partial charge is 0.399 e. The Kier molecular flexibility index (Phi) is 4.30. The number of fused-ring (bicyclic) bond motifs is 1. The second-order valence-electron chi connectivity index (χ2n) is 6.75. The van der Waals surface area contributed by atoms with E-state index in [1.54, 1.807) is 6.07 Å². The van der Waals surface area contributed by atoms with Gasteiger partial charge < -0.3 is 5.73 Å². The maximum atomic E-state index is 9.79. The Hall–Kier alpha value is -2.74. The molecule has 5 heteroatoms. The Balaban J connectivity index is 2.35. The number of halogens is 1. The Morgan fingerprint density at radius 2 is 1.88 bits per heavy atom. The lowest BCUT2D eigenvalue weighted by Crippen LogP contribution is -2.41. The van der Waals surface area contributed by atoms with Crippen LogP contribution in [0.1, 0.15) is 31.2 Å². The third-order valence-corrected chi connectivity index (χ3v) is 5.68. The number of rotatable bonds is 1. The van der Waals surface area contributed by atoms with Crippen molar-refractivity contribution in [2.45, 2.75) is 25.7 Å². The standard InChI is InChI=1S/C20H17ClN4/c1-12-6-7-16-14(8-12)18(13-4-2-3-5-17(13)21)15(9-22)19(25)20(16,10-23)11-24/h2-5,7,12,14,18H,6,8,25H2,1H3/t12-,14-,18+/m1/s1. The fraction of sp³-hybridized carbons (Fsp3) is 0.350. The fourth-order valence-corrected chi connectivity index (χ4v) is 4.37. The number of nitrogens with zero attached hydrogens (tertiary/aromatic N) is 3. The number of allylic oxidation sites excluding steroid dienone is 3. The molecule has 0 unspecified atom stereocenters. The normalized spacial score (nSPS) is 27.3. The van der Waals surface area contributed by atoms with Gasteiger partial charge in [0.15, 0.2) is 0 Å². The quantitative estimate of drug-likeness (QED) is 0.769. The summed E-state index contributed by atoms with van der Waals surface area (Å²) in [7, 11) is 0. The molecule has 0 heterocycles. The smallest absolute Gasteiger partial charge is 0.204 e. The molecule has 4 nitrogen and oxygen atoms in total. The Labute approximate surface area is 152 Å². The molecule has 0 amide bonds. The molecular formula is C20H17ClN4. The highest BCUT2D eigenvalue weighted by molar-refractivity contribution is 6.31. The predicted molar refractivity (Wildman–Crippen MR) is 94.6 cm³/mol. The Morgan fingerprint density at radius 1 is 1.20 bits per heavy atom. The second kappa shape index (κ2) is 6.29. The maximum absolute atomic E-state index is 9.79. The van der Waals surface area contributed by atoms with Crippen molar-refractivity contribution in [3.8, 4) is 18.2 Å². The Morgan fingerprint density at radius 3 is 2.48 bits per heavy atom. The van der Waals surface area contributed by atoms with Crippen molar-refractivity contribution < 1.29 is 0 Å². The molecule has 2 aliphatic rings. The lowest BCUT2D eigenvalue weighted by molar-refractivity contribution is 0.334. The monoisotopic (exact) mass is 348 g/mol. The van der Waals surface area contributed by atoms with E-state index in [0.717, 1.165) is 24.0 Å². The van der Waals surface area contributed by atoms with Gasteiger partial charge in [0.25, 0.3) is 0 Å². The molecule has 0 fully saturated rings. The molecule has 25 heavy (non-hydrogen) atoms. The van der Waals surface area contributed by atoms with Crippen LogP contribution >= 0.6 is 11.6 Å². The third-order valence-electron chi connectivity index (χ3n) is 5.33.